The molecule has 0 fully saturated rings. The summed E-state index contributed by atoms with van der Waals surface area (Å²) in [5.74, 6) is 2.60. The highest BCUT2D eigenvalue weighted by Crippen LogP contribution is 2.27. The second kappa shape index (κ2) is 74.7. The number of nitro groups is 2. The summed E-state index contributed by atoms with van der Waals surface area (Å²) in [7, 11) is 0. The second-order valence-electron chi connectivity index (χ2n) is 12.4. The molecule has 0 aromatic heterocycles. The summed E-state index contributed by atoms with van der Waals surface area (Å²) in [4.78, 5) is 19.4. The van der Waals surface area contributed by atoms with Crippen LogP contribution >= 0.6 is 0 Å². The van der Waals surface area contributed by atoms with E-state index in [1.54, 1.807) is 97.1 Å². The second-order valence-corrected chi connectivity index (χ2v) is 12.4. The standard InChI is InChI=1S/2C14H8N2O.2C8H3N3O2.C6H6O.10C2H6.2CH4/c15-9-11-5-4-8-14(13(11)10-16)17-12-6-2-1-3-7-12;15-9-11-6-7-14(8-12(11)10-16)17-13-4-2-1-3-5-13;9-4-6-1-2-8(11(12)13)3-7(6)5-10;9-4-6-2-1-3-8(11(12)13)7(6)5-10;7-6-4-2-1-3-5-6;10*1-2;;/h2*1-8H;2*1-3H;1-5,7H;10*1-2H3;2*1H4. The summed E-state index contributed by atoms with van der Waals surface area (Å²) in [6.07, 6.45) is 0. The maximum atomic E-state index is 10.4. The van der Waals surface area contributed by atoms with Crippen molar-refractivity contribution in [3.63, 3.8) is 0 Å². The Morgan fingerprint density at radius 3 is 1.00 bits per heavy atom. The summed E-state index contributed by atoms with van der Waals surface area (Å²) >= 11 is 0. The number of nitro benzene ring substituents is 2. The molecule has 0 aliphatic carbocycles. The molecule has 17 nitrogen and oxygen atoms in total. The summed E-state index contributed by atoms with van der Waals surface area (Å²) in [6, 6.07) is 59.1. The minimum Gasteiger partial charge on any atom is -0.508 e. The number of non-ortho nitro benzene ring substituents is 1. The monoisotopic (exact) mass is 1210 g/mol. The molecule has 0 radical (unpaired) electrons. The van der Waals surface area contributed by atoms with Gasteiger partial charge in [-0.2, -0.15) is 42.1 Å². The quantitative estimate of drug-likeness (QED) is 0.119. The maximum absolute atomic E-state index is 10.4. The molecule has 0 aliphatic heterocycles. The summed E-state index contributed by atoms with van der Waals surface area (Å²) in [6.45, 7) is 40.0. The molecule has 0 amide bonds. The molecule has 0 bridgehead atoms. The first-order valence-corrected chi connectivity index (χ1v) is 28.7. The van der Waals surface area contributed by atoms with Gasteiger partial charge in [0.15, 0.2) is 0 Å². The van der Waals surface area contributed by atoms with Crippen molar-refractivity contribution in [1.82, 2.24) is 0 Å². The van der Waals surface area contributed by atoms with Crippen LogP contribution in [0.4, 0.5) is 11.4 Å². The lowest BCUT2D eigenvalue weighted by Gasteiger charge is -2.07. The minimum absolute atomic E-state index is 0. The lowest BCUT2D eigenvalue weighted by atomic mass is 10.1. The Kier molecular flexibility index (Phi) is 83.6. The van der Waals surface area contributed by atoms with Gasteiger partial charge in [0.1, 0.15) is 88.4 Å². The van der Waals surface area contributed by atoms with Gasteiger partial charge < -0.3 is 14.6 Å². The number of ether oxygens (including phenoxy) is 2. The van der Waals surface area contributed by atoms with E-state index in [2.05, 4.69) is 0 Å². The molecule has 0 saturated carbocycles. The molecule has 0 aliphatic rings. The van der Waals surface area contributed by atoms with Crippen LogP contribution in [-0.2, 0) is 0 Å². The predicted octanol–water partition coefficient (Wildman–Crippen LogP) is 22.0. The highest BCUT2D eigenvalue weighted by atomic mass is 16.6. The number of aromatic hydroxyl groups is 1. The van der Waals surface area contributed by atoms with Crippen LogP contribution in [0.2, 0.25) is 0 Å². The number of phenols is 1. The molecule has 7 aromatic carbocycles. The molecule has 1 N–H and O–H groups in total. The normalized spacial score (nSPS) is 7.28. The van der Waals surface area contributed by atoms with Crippen LogP contribution in [0.25, 0.3) is 0 Å². The average Bonchev–Trinajstić information content (AvgIpc) is 3.48. The molecule has 0 saturated heterocycles. The van der Waals surface area contributed by atoms with Crippen LogP contribution in [0.5, 0.6) is 28.7 Å². The largest absolute Gasteiger partial charge is 0.508 e. The zero-order valence-corrected chi connectivity index (χ0v) is 54.5. The van der Waals surface area contributed by atoms with Gasteiger partial charge in [0.25, 0.3) is 11.4 Å². The molecule has 89 heavy (non-hydrogen) atoms. The summed E-state index contributed by atoms with van der Waals surface area (Å²) < 4.78 is 11.1. The number of phenolic OH excluding ortho intramolecular Hbond substituents is 1. The van der Waals surface area contributed by atoms with Crippen LogP contribution in [0, 0.1) is 111 Å². The molecule has 7 rings (SSSR count). The lowest BCUT2D eigenvalue weighted by Crippen LogP contribution is -1.94. The Labute approximate surface area is 534 Å². The van der Waals surface area contributed by atoms with Crippen LogP contribution in [0.3, 0.4) is 0 Å². The van der Waals surface area contributed by atoms with Gasteiger partial charge in [-0.15, -0.1) is 0 Å². The van der Waals surface area contributed by atoms with Gasteiger partial charge in [-0.1, -0.05) is 220 Å². The van der Waals surface area contributed by atoms with E-state index in [9.17, 15) is 20.2 Å². The smallest absolute Gasteiger partial charge is 0.288 e. The number of hydrogen-bond donors (Lipinski definition) is 1. The Morgan fingerprint density at radius 1 is 0.326 bits per heavy atom. The molecule has 476 valence electrons. The summed E-state index contributed by atoms with van der Waals surface area (Å²) in [5.41, 5.74) is 0.752. The van der Waals surface area contributed by atoms with Crippen molar-refractivity contribution in [3.05, 3.63) is 229 Å². The van der Waals surface area contributed by atoms with Crippen molar-refractivity contribution in [2.75, 3.05) is 0 Å². The number of hydrogen-bond acceptors (Lipinski definition) is 15. The first kappa shape index (κ1) is 99.7. The van der Waals surface area contributed by atoms with E-state index >= 15 is 0 Å². The Bertz CT molecular complexity index is 3190. The Balaban J connectivity index is -0.000000103. The Hall–Kier alpha value is -11.3. The van der Waals surface area contributed by atoms with Crippen LogP contribution in [-0.4, -0.2) is 15.0 Å². The number of para-hydroxylation sites is 3. The first-order valence-electron chi connectivity index (χ1n) is 28.7. The third-order valence-corrected chi connectivity index (χ3v) is 8.12. The van der Waals surface area contributed by atoms with Crippen molar-refractivity contribution in [3.8, 4) is 77.3 Å². The third-order valence-electron chi connectivity index (χ3n) is 8.12. The molecular weight excluding hydrogens is 1120 g/mol. The predicted molar refractivity (Wildman–Crippen MR) is 365 cm³/mol. The minimum atomic E-state index is -0.681. The maximum Gasteiger partial charge on any atom is 0.288 e. The molecule has 0 atom stereocenters. The van der Waals surface area contributed by atoms with Crippen LogP contribution in [0.1, 0.15) is 198 Å². The van der Waals surface area contributed by atoms with E-state index < -0.39 is 9.85 Å². The van der Waals surface area contributed by atoms with Crippen molar-refractivity contribution in [2.45, 2.75) is 153 Å². The first-order chi connectivity index (χ1) is 42.5. The van der Waals surface area contributed by atoms with Gasteiger partial charge in [-0.25, -0.2) is 0 Å². The number of rotatable bonds is 6. The molecule has 7 aromatic rings. The van der Waals surface area contributed by atoms with Crippen molar-refractivity contribution < 1.29 is 24.4 Å². The van der Waals surface area contributed by atoms with E-state index in [-0.39, 0.29) is 54.0 Å². The van der Waals surface area contributed by atoms with Crippen molar-refractivity contribution in [2.24, 2.45) is 0 Å². The number of nitriles is 8. The van der Waals surface area contributed by atoms with Crippen molar-refractivity contribution in [1.29, 1.82) is 42.1 Å². The zero-order valence-electron chi connectivity index (χ0n) is 54.5. The van der Waals surface area contributed by atoms with Gasteiger partial charge >= 0.3 is 0 Å². The van der Waals surface area contributed by atoms with E-state index in [1.165, 1.54) is 30.3 Å². The molecule has 0 spiro atoms. The fourth-order valence-corrected chi connectivity index (χ4v) is 5.01. The molecular formula is C72H96N10O7. The van der Waals surface area contributed by atoms with E-state index in [4.69, 9.17) is 56.7 Å². The lowest BCUT2D eigenvalue weighted by molar-refractivity contribution is -0.385. The van der Waals surface area contributed by atoms with Gasteiger partial charge in [0.2, 0.25) is 0 Å². The molecule has 0 heterocycles. The third kappa shape index (κ3) is 43.9. The fraction of sp³-hybridized carbons (Fsp3) is 0.306. The van der Waals surface area contributed by atoms with E-state index in [1.807, 2.05) is 217 Å². The SMILES string of the molecule is C.C.CC.CC.CC.CC.CC.CC.CC.CC.CC.CC.N#Cc1ccc(Oc2ccccc2)cc1C#N.N#Cc1ccc([N+](=O)[O-])cc1C#N.N#Cc1cccc(Oc2ccccc2)c1C#N.N#Cc1cccc([N+](=O)[O-])c1C#N.Oc1ccccc1. The van der Waals surface area contributed by atoms with Gasteiger partial charge in [-0.05, 0) is 78.9 Å². The van der Waals surface area contributed by atoms with Crippen molar-refractivity contribution >= 4 is 11.4 Å². The highest BCUT2D eigenvalue weighted by Gasteiger charge is 2.16. The molecule has 17 heteroatoms. The van der Waals surface area contributed by atoms with Crippen LogP contribution < -0.4 is 9.47 Å². The molecule has 0 unspecified atom stereocenters. The number of nitrogens with zero attached hydrogens (tertiary/aromatic N) is 10. The highest BCUT2D eigenvalue weighted by molar-refractivity contribution is 5.58. The van der Waals surface area contributed by atoms with E-state index in [0.29, 0.717) is 45.4 Å². The van der Waals surface area contributed by atoms with Crippen LogP contribution in [0.15, 0.2) is 164 Å². The van der Waals surface area contributed by atoms with Gasteiger partial charge in [0, 0.05) is 18.2 Å². The topological polar surface area (TPSA) is 315 Å². The van der Waals surface area contributed by atoms with Gasteiger partial charge in [0.05, 0.1) is 43.2 Å². The van der Waals surface area contributed by atoms with Gasteiger partial charge in [-0.3, -0.25) is 20.2 Å². The average molecular weight is 1210 g/mol. The Morgan fingerprint density at radius 2 is 0.663 bits per heavy atom. The fourth-order valence-electron chi connectivity index (χ4n) is 5.01. The number of benzene rings is 7. The zero-order chi connectivity index (χ0) is 69.0. The van der Waals surface area contributed by atoms with E-state index in [0.717, 1.165) is 6.07 Å². The summed E-state index contributed by atoms with van der Waals surface area (Å²) in [5, 5.41) is 99.0.